The van der Waals surface area contributed by atoms with Gasteiger partial charge in [0.2, 0.25) is 0 Å². The molecule has 0 spiro atoms. The van der Waals surface area contributed by atoms with Gasteiger partial charge in [-0.2, -0.15) is 0 Å². The van der Waals surface area contributed by atoms with E-state index in [0.29, 0.717) is 12.2 Å². The van der Waals surface area contributed by atoms with Crippen LogP contribution in [0.2, 0.25) is 0 Å². The van der Waals surface area contributed by atoms with Crippen molar-refractivity contribution < 1.29 is 0 Å². The van der Waals surface area contributed by atoms with E-state index >= 15 is 0 Å². The van der Waals surface area contributed by atoms with Gasteiger partial charge in [0.25, 0.3) is 5.56 Å². The van der Waals surface area contributed by atoms with Crippen molar-refractivity contribution >= 4 is 21.6 Å². The topological polar surface area (TPSA) is 37.6 Å². The van der Waals surface area contributed by atoms with Crippen LogP contribution >= 0.6 is 15.9 Å². The Kier molecular flexibility index (Phi) is 5.66. The fraction of sp³-hybridized carbons (Fsp3) is 0.300. The van der Waals surface area contributed by atoms with E-state index in [1.807, 2.05) is 24.3 Å². The number of rotatable bonds is 6. The van der Waals surface area contributed by atoms with Crippen molar-refractivity contribution in [3.05, 3.63) is 80.8 Å². The van der Waals surface area contributed by atoms with Gasteiger partial charge in [0.05, 0.1) is 5.69 Å². The lowest BCUT2D eigenvalue weighted by Gasteiger charge is -2.29. The summed E-state index contributed by atoms with van der Waals surface area (Å²) in [5.74, 6) is 0. The van der Waals surface area contributed by atoms with Crippen molar-refractivity contribution in [1.29, 1.82) is 0 Å². The first-order valence-electron chi connectivity index (χ1n) is 8.56. The Morgan fingerprint density at radius 2 is 1.96 bits per heavy atom. The third-order valence-corrected chi connectivity index (χ3v) is 5.13. The van der Waals surface area contributed by atoms with E-state index in [2.05, 4.69) is 57.9 Å². The lowest BCUT2D eigenvalue weighted by molar-refractivity contribution is 0.199. The summed E-state index contributed by atoms with van der Waals surface area (Å²) in [5, 5.41) is 0. The second kappa shape index (κ2) is 7.93. The maximum Gasteiger partial charge on any atom is 0.258 e. The average molecular weight is 400 g/mol. The number of halogens is 1. The molecule has 3 aromatic rings. The number of aromatic nitrogens is 2. The van der Waals surface area contributed by atoms with Crippen LogP contribution in [0.4, 0.5) is 0 Å². The standard InChI is InChI=1S/C20H22BrN3O/c1-3-11-23(15(2)17-8-4-5-9-18(17)21)14-16-13-20(25)24-12-7-6-10-19(24)22-16/h4-10,12-13,15H,3,11,14H2,1-2H3/t15-/m0/s1. The normalized spacial score (nSPS) is 12.6. The van der Waals surface area contributed by atoms with Crippen LogP contribution in [0.3, 0.4) is 0 Å². The summed E-state index contributed by atoms with van der Waals surface area (Å²) < 4.78 is 2.68. The molecular formula is C20H22BrN3O. The van der Waals surface area contributed by atoms with Gasteiger partial charge >= 0.3 is 0 Å². The summed E-state index contributed by atoms with van der Waals surface area (Å²) in [5.41, 5.74) is 2.71. The van der Waals surface area contributed by atoms with Crippen LogP contribution in [0.5, 0.6) is 0 Å². The van der Waals surface area contributed by atoms with E-state index in [1.165, 1.54) is 5.56 Å². The molecule has 0 aliphatic carbocycles. The van der Waals surface area contributed by atoms with Crippen molar-refractivity contribution in [2.75, 3.05) is 6.54 Å². The SMILES string of the molecule is CCCN(Cc1cc(=O)n2ccccc2n1)[C@@H](C)c1ccccc1Br. The summed E-state index contributed by atoms with van der Waals surface area (Å²) in [6.07, 6.45) is 2.79. The van der Waals surface area contributed by atoms with E-state index in [9.17, 15) is 4.79 Å². The van der Waals surface area contributed by atoms with Gasteiger partial charge in [-0.05, 0) is 43.7 Å². The van der Waals surface area contributed by atoms with Gasteiger partial charge in [-0.15, -0.1) is 0 Å². The molecule has 1 aromatic carbocycles. The Hall–Kier alpha value is -1.98. The van der Waals surface area contributed by atoms with Crippen LogP contribution in [0.1, 0.15) is 37.6 Å². The van der Waals surface area contributed by atoms with Gasteiger partial charge in [0.15, 0.2) is 0 Å². The molecule has 0 amide bonds. The Balaban J connectivity index is 1.92. The molecule has 1 atom stereocenters. The molecule has 0 radical (unpaired) electrons. The van der Waals surface area contributed by atoms with E-state index < -0.39 is 0 Å². The molecule has 0 unspecified atom stereocenters. The molecule has 0 saturated heterocycles. The predicted octanol–water partition coefficient (Wildman–Crippen LogP) is 4.43. The van der Waals surface area contributed by atoms with Crippen molar-refractivity contribution in [1.82, 2.24) is 14.3 Å². The van der Waals surface area contributed by atoms with Crippen LogP contribution < -0.4 is 5.56 Å². The minimum Gasteiger partial charge on any atom is -0.291 e. The number of fused-ring (bicyclic) bond motifs is 1. The average Bonchev–Trinajstić information content (AvgIpc) is 2.61. The molecule has 4 nitrogen and oxygen atoms in total. The summed E-state index contributed by atoms with van der Waals surface area (Å²) >= 11 is 3.65. The zero-order valence-corrected chi connectivity index (χ0v) is 16.1. The van der Waals surface area contributed by atoms with Gasteiger partial charge in [-0.25, -0.2) is 4.98 Å². The van der Waals surface area contributed by atoms with E-state index in [4.69, 9.17) is 0 Å². The quantitative estimate of drug-likeness (QED) is 0.615. The van der Waals surface area contributed by atoms with Crippen LogP contribution in [0.25, 0.3) is 5.65 Å². The highest BCUT2D eigenvalue weighted by atomic mass is 79.9. The summed E-state index contributed by atoms with van der Waals surface area (Å²) in [4.78, 5) is 19.4. The number of benzene rings is 1. The minimum absolute atomic E-state index is 0.0365. The highest BCUT2D eigenvalue weighted by Gasteiger charge is 2.18. The molecule has 0 bridgehead atoms. The molecular weight excluding hydrogens is 378 g/mol. The number of hydrogen-bond acceptors (Lipinski definition) is 3. The van der Waals surface area contributed by atoms with Gasteiger partial charge in [-0.1, -0.05) is 47.1 Å². The molecule has 25 heavy (non-hydrogen) atoms. The highest BCUT2D eigenvalue weighted by molar-refractivity contribution is 9.10. The molecule has 0 aliphatic heterocycles. The van der Waals surface area contributed by atoms with E-state index in [1.54, 1.807) is 16.7 Å². The molecule has 3 rings (SSSR count). The molecule has 0 N–H and O–H groups in total. The van der Waals surface area contributed by atoms with Crippen LogP contribution in [0, 0.1) is 0 Å². The molecule has 130 valence electrons. The van der Waals surface area contributed by atoms with Crippen molar-refractivity contribution in [2.45, 2.75) is 32.9 Å². The molecule has 0 fully saturated rings. The van der Waals surface area contributed by atoms with E-state index in [-0.39, 0.29) is 11.6 Å². The van der Waals surface area contributed by atoms with Crippen LogP contribution in [-0.4, -0.2) is 20.8 Å². The Morgan fingerprint density at radius 1 is 1.20 bits per heavy atom. The molecule has 5 heteroatoms. The second-order valence-corrected chi connectivity index (χ2v) is 7.04. The molecule has 0 aliphatic rings. The first-order chi connectivity index (χ1) is 12.1. The summed E-state index contributed by atoms with van der Waals surface area (Å²) in [6, 6.07) is 15.8. The maximum atomic E-state index is 12.3. The zero-order valence-electron chi connectivity index (χ0n) is 14.5. The maximum absolute atomic E-state index is 12.3. The molecule has 2 heterocycles. The van der Waals surface area contributed by atoms with Crippen molar-refractivity contribution in [2.24, 2.45) is 0 Å². The summed E-state index contributed by atoms with van der Waals surface area (Å²) in [7, 11) is 0. The number of hydrogen-bond donors (Lipinski definition) is 0. The third kappa shape index (κ3) is 3.99. The fourth-order valence-corrected chi connectivity index (χ4v) is 3.72. The van der Waals surface area contributed by atoms with Crippen molar-refractivity contribution in [3.8, 4) is 0 Å². The van der Waals surface area contributed by atoms with Gasteiger partial charge < -0.3 is 0 Å². The molecule has 2 aromatic heterocycles. The number of pyridine rings is 1. The smallest absolute Gasteiger partial charge is 0.258 e. The van der Waals surface area contributed by atoms with Gasteiger partial charge in [0.1, 0.15) is 5.65 Å². The van der Waals surface area contributed by atoms with Crippen molar-refractivity contribution in [3.63, 3.8) is 0 Å². The minimum atomic E-state index is -0.0365. The van der Waals surface area contributed by atoms with Crippen LogP contribution in [0.15, 0.2) is 64.0 Å². The number of nitrogens with zero attached hydrogens (tertiary/aromatic N) is 3. The largest absolute Gasteiger partial charge is 0.291 e. The third-order valence-electron chi connectivity index (χ3n) is 4.40. The second-order valence-electron chi connectivity index (χ2n) is 6.18. The van der Waals surface area contributed by atoms with Crippen LogP contribution in [-0.2, 0) is 6.54 Å². The predicted molar refractivity (Wildman–Crippen MR) is 105 cm³/mol. The Morgan fingerprint density at radius 3 is 2.72 bits per heavy atom. The zero-order chi connectivity index (χ0) is 17.8. The monoisotopic (exact) mass is 399 g/mol. The van der Waals surface area contributed by atoms with E-state index in [0.717, 1.165) is 23.1 Å². The Bertz CT molecular complexity index is 922. The highest BCUT2D eigenvalue weighted by Crippen LogP contribution is 2.28. The van der Waals surface area contributed by atoms with Gasteiger partial charge in [0, 0.05) is 29.3 Å². The fourth-order valence-electron chi connectivity index (χ4n) is 3.10. The molecule has 0 saturated carbocycles. The van der Waals surface area contributed by atoms with Gasteiger partial charge in [-0.3, -0.25) is 14.1 Å². The lowest BCUT2D eigenvalue weighted by atomic mass is 10.1. The lowest BCUT2D eigenvalue weighted by Crippen LogP contribution is -2.29. The summed E-state index contributed by atoms with van der Waals surface area (Å²) in [6.45, 7) is 5.96. The first kappa shape index (κ1) is 17.8. The first-order valence-corrected chi connectivity index (χ1v) is 9.35. The Labute approximate surface area is 156 Å².